The number of halogens is 3. The fourth-order valence-electron chi connectivity index (χ4n) is 4.47. The molecule has 0 spiro atoms. The number of hydrogen-bond acceptors (Lipinski definition) is 7. The van der Waals surface area contributed by atoms with E-state index in [1.807, 2.05) is 0 Å². The van der Waals surface area contributed by atoms with Gasteiger partial charge in [0.25, 0.3) is 5.56 Å². The monoisotopic (exact) mass is 519 g/mol. The van der Waals surface area contributed by atoms with Crippen LogP contribution >= 0.6 is 0 Å². The molecular formula is C24H24F3N5O5. The van der Waals surface area contributed by atoms with Crippen LogP contribution in [0.4, 0.5) is 24.7 Å². The number of H-pyrrole nitrogens is 1. The number of carboxylic acid groups (broad SMARTS) is 1. The van der Waals surface area contributed by atoms with E-state index in [0.717, 1.165) is 14.0 Å². The molecule has 1 saturated heterocycles. The van der Waals surface area contributed by atoms with Gasteiger partial charge in [-0.05, 0) is 43.5 Å². The average Bonchev–Trinajstić information content (AvgIpc) is 3.24. The summed E-state index contributed by atoms with van der Waals surface area (Å²) in [7, 11) is 0.982. The molecule has 0 bridgehead atoms. The SMILES string of the molecule is COC(C)(c1ccc(Nc2nn(C3(CC#N)CCC(C(=O)O)OC3)c3cc[nH]c(=O)c23)cc1)C(F)(F)F. The third-order valence-corrected chi connectivity index (χ3v) is 6.81. The summed E-state index contributed by atoms with van der Waals surface area (Å²) < 4.78 is 52.4. The molecule has 196 valence electrons. The molecular weight excluding hydrogens is 495 g/mol. The molecule has 0 aliphatic carbocycles. The number of fused-ring (bicyclic) bond motifs is 1. The number of aromatic amines is 1. The lowest BCUT2D eigenvalue weighted by Crippen LogP contribution is -2.46. The fraction of sp³-hybridized carbons (Fsp3) is 0.417. The molecule has 0 radical (unpaired) electrons. The van der Waals surface area contributed by atoms with Gasteiger partial charge in [-0.2, -0.15) is 23.5 Å². The topological polar surface area (TPSA) is 142 Å². The second kappa shape index (κ2) is 9.53. The van der Waals surface area contributed by atoms with Crippen LogP contribution in [0.1, 0.15) is 31.7 Å². The highest BCUT2D eigenvalue weighted by atomic mass is 19.4. The molecule has 3 N–H and O–H groups in total. The van der Waals surface area contributed by atoms with Gasteiger partial charge in [-0.15, -0.1) is 0 Å². The van der Waals surface area contributed by atoms with Crippen molar-refractivity contribution in [2.45, 2.75) is 49.6 Å². The number of methoxy groups -OCH3 is 1. The van der Waals surface area contributed by atoms with Gasteiger partial charge in [0.15, 0.2) is 17.5 Å². The second-order valence-corrected chi connectivity index (χ2v) is 9.00. The van der Waals surface area contributed by atoms with Gasteiger partial charge in [-0.3, -0.25) is 9.48 Å². The molecule has 3 aromatic rings. The lowest BCUT2D eigenvalue weighted by atomic mass is 9.87. The van der Waals surface area contributed by atoms with E-state index >= 15 is 0 Å². The average molecular weight is 519 g/mol. The molecule has 2 aromatic heterocycles. The quantitative estimate of drug-likeness (QED) is 0.428. The van der Waals surface area contributed by atoms with Crippen LogP contribution in [0.3, 0.4) is 0 Å². The van der Waals surface area contributed by atoms with Gasteiger partial charge in [0.1, 0.15) is 5.39 Å². The van der Waals surface area contributed by atoms with Crippen LogP contribution in [-0.2, 0) is 25.4 Å². The van der Waals surface area contributed by atoms with Gasteiger partial charge in [0.05, 0.1) is 30.2 Å². The molecule has 4 rings (SSSR count). The predicted octanol–water partition coefficient (Wildman–Crippen LogP) is 3.76. The number of ether oxygens (including phenoxy) is 2. The molecule has 1 aliphatic rings. The Bertz CT molecular complexity index is 1400. The largest absolute Gasteiger partial charge is 0.479 e. The maximum Gasteiger partial charge on any atom is 0.421 e. The number of carbonyl (C=O) groups is 1. The van der Waals surface area contributed by atoms with Crippen molar-refractivity contribution in [2.75, 3.05) is 19.0 Å². The van der Waals surface area contributed by atoms with E-state index in [9.17, 15) is 33.1 Å². The van der Waals surface area contributed by atoms with Crippen LogP contribution in [0.2, 0.25) is 0 Å². The molecule has 3 unspecified atom stereocenters. The van der Waals surface area contributed by atoms with E-state index in [0.29, 0.717) is 11.2 Å². The van der Waals surface area contributed by atoms with Gasteiger partial charge in [-0.1, -0.05) is 12.1 Å². The highest BCUT2D eigenvalue weighted by Crippen LogP contribution is 2.42. The number of pyridine rings is 1. The summed E-state index contributed by atoms with van der Waals surface area (Å²) in [6.45, 7) is 0.822. The number of nitriles is 1. The smallest absolute Gasteiger partial charge is 0.421 e. The molecule has 0 amide bonds. The van der Waals surface area contributed by atoms with E-state index in [2.05, 4.69) is 21.5 Å². The van der Waals surface area contributed by atoms with Crippen LogP contribution in [0, 0.1) is 11.3 Å². The summed E-state index contributed by atoms with van der Waals surface area (Å²) in [6.07, 6.45) is -3.87. The van der Waals surface area contributed by atoms with Crippen LogP contribution in [0.25, 0.3) is 10.9 Å². The minimum absolute atomic E-state index is 0.0515. The van der Waals surface area contributed by atoms with Gasteiger partial charge < -0.3 is 24.9 Å². The Morgan fingerprint density at radius 1 is 1.38 bits per heavy atom. The third-order valence-electron chi connectivity index (χ3n) is 6.81. The van der Waals surface area contributed by atoms with E-state index in [4.69, 9.17) is 9.47 Å². The standard InChI is InChI=1S/C24H24F3N5O5/c1-22(36-2,24(25,26)27)14-3-5-15(6-4-14)30-19-18-16(8-12-29-20(18)33)32(31-19)23(10-11-28)9-7-17(21(34)35)37-13-23/h3-6,8,12,17H,7,9-10,13H2,1-2H3,(H,29,33)(H,30,31)(H,34,35). The molecule has 37 heavy (non-hydrogen) atoms. The van der Waals surface area contributed by atoms with Gasteiger partial charge >= 0.3 is 12.1 Å². The number of nitrogens with one attached hydrogen (secondary N) is 2. The molecule has 1 aromatic carbocycles. The van der Waals surface area contributed by atoms with Crippen molar-refractivity contribution >= 4 is 28.4 Å². The normalized spacial score (nSPS) is 21.8. The van der Waals surface area contributed by atoms with Crippen molar-refractivity contribution in [1.82, 2.24) is 14.8 Å². The van der Waals surface area contributed by atoms with Crippen molar-refractivity contribution < 1.29 is 32.5 Å². The molecule has 1 aliphatic heterocycles. The Balaban J connectivity index is 1.74. The zero-order valence-corrected chi connectivity index (χ0v) is 19.9. The number of aromatic nitrogens is 3. The van der Waals surface area contributed by atoms with E-state index < -0.39 is 34.9 Å². The first-order valence-corrected chi connectivity index (χ1v) is 11.3. The van der Waals surface area contributed by atoms with Crippen LogP contribution in [0.5, 0.6) is 0 Å². The number of benzene rings is 1. The number of anilines is 2. The summed E-state index contributed by atoms with van der Waals surface area (Å²) in [5.74, 6) is -0.985. The summed E-state index contributed by atoms with van der Waals surface area (Å²) in [6, 6.07) is 9.05. The van der Waals surface area contributed by atoms with Crippen LogP contribution in [-0.4, -0.2) is 51.8 Å². The van der Waals surface area contributed by atoms with E-state index in [-0.39, 0.29) is 42.6 Å². The summed E-state index contributed by atoms with van der Waals surface area (Å²) in [4.78, 5) is 26.7. The van der Waals surface area contributed by atoms with Gasteiger partial charge in [0, 0.05) is 19.0 Å². The van der Waals surface area contributed by atoms with Gasteiger partial charge in [0.2, 0.25) is 0 Å². The molecule has 1 fully saturated rings. The summed E-state index contributed by atoms with van der Waals surface area (Å²) in [5, 5.41) is 26.5. The Labute approximate surface area is 208 Å². The lowest BCUT2D eigenvalue weighted by molar-refractivity contribution is -0.269. The second-order valence-electron chi connectivity index (χ2n) is 9.00. The maximum absolute atomic E-state index is 13.5. The highest BCUT2D eigenvalue weighted by molar-refractivity contribution is 5.91. The van der Waals surface area contributed by atoms with E-state index in [1.165, 1.54) is 35.1 Å². The van der Waals surface area contributed by atoms with Crippen molar-refractivity contribution in [3.8, 4) is 6.07 Å². The predicted molar refractivity (Wildman–Crippen MR) is 125 cm³/mol. The molecule has 3 atom stereocenters. The molecule has 10 nitrogen and oxygen atoms in total. The number of alkyl halides is 3. The number of carboxylic acids is 1. The number of nitrogens with zero attached hydrogens (tertiary/aromatic N) is 3. The first-order chi connectivity index (χ1) is 17.5. The van der Waals surface area contributed by atoms with Crippen molar-refractivity contribution in [3.05, 3.63) is 52.4 Å². The van der Waals surface area contributed by atoms with Crippen molar-refractivity contribution in [2.24, 2.45) is 0 Å². The number of rotatable bonds is 7. The fourth-order valence-corrected chi connectivity index (χ4v) is 4.47. The number of aliphatic carboxylic acids is 1. The maximum atomic E-state index is 13.5. The Morgan fingerprint density at radius 2 is 2.08 bits per heavy atom. The van der Waals surface area contributed by atoms with Crippen molar-refractivity contribution in [1.29, 1.82) is 5.26 Å². The summed E-state index contributed by atoms with van der Waals surface area (Å²) in [5.41, 5.74) is -3.36. The summed E-state index contributed by atoms with van der Waals surface area (Å²) >= 11 is 0. The lowest BCUT2D eigenvalue weighted by Gasteiger charge is -2.38. The Morgan fingerprint density at radius 3 is 2.62 bits per heavy atom. The zero-order chi connectivity index (χ0) is 27.0. The third kappa shape index (κ3) is 4.54. The molecule has 13 heteroatoms. The van der Waals surface area contributed by atoms with Crippen LogP contribution in [0.15, 0.2) is 41.3 Å². The van der Waals surface area contributed by atoms with Crippen molar-refractivity contribution in [3.63, 3.8) is 0 Å². The highest BCUT2D eigenvalue weighted by Gasteiger charge is 2.53. The van der Waals surface area contributed by atoms with E-state index in [1.54, 1.807) is 6.07 Å². The van der Waals surface area contributed by atoms with Crippen LogP contribution < -0.4 is 10.9 Å². The Kier molecular flexibility index (Phi) is 6.74. The molecule has 0 saturated carbocycles. The Hall–Kier alpha value is -3.89. The van der Waals surface area contributed by atoms with Gasteiger partial charge in [-0.25, -0.2) is 4.79 Å². The minimum atomic E-state index is -4.64. The minimum Gasteiger partial charge on any atom is -0.479 e. The first-order valence-electron chi connectivity index (χ1n) is 11.3. The molecule has 3 heterocycles. The zero-order valence-electron chi connectivity index (χ0n) is 19.9. The first kappa shape index (κ1) is 26.2. The number of hydrogen-bond donors (Lipinski definition) is 3.